The monoisotopic (exact) mass is 1330 g/mol. The maximum absolute atomic E-state index is 7.37. The Kier molecular flexibility index (Phi) is 13.7. The SMILES string of the molecule is CC(C)(C)c1ccnc(-n2c3ccc(C4CCCCC4)cc3c3ccc(Oc4ccc5c(c4)n4[c](=[Pt])n(-c6c(-c7ccccc7)cccc6-c6ccccc6)c6cccc(c7ccccc7n5-c5cc(-c7ccccc7)cc(-c7ccccc7)c5)c64)cc32)c1. The summed E-state index contributed by atoms with van der Waals surface area (Å²) >= 11 is 2.61. The Morgan fingerprint density at radius 3 is 1.62 bits per heavy atom. The van der Waals surface area contributed by atoms with Gasteiger partial charge in [0, 0.05) is 6.20 Å². The number of nitrogens with zero attached hydrogens (tertiary/aromatic N) is 5. The summed E-state index contributed by atoms with van der Waals surface area (Å²) in [5.74, 6) is 2.93. The van der Waals surface area contributed by atoms with E-state index in [1.807, 2.05) is 6.20 Å². The van der Waals surface area contributed by atoms with Gasteiger partial charge in [-0.1, -0.05) is 46.1 Å². The van der Waals surface area contributed by atoms with Gasteiger partial charge < -0.3 is 0 Å². The zero-order valence-corrected chi connectivity index (χ0v) is 52.3. The van der Waals surface area contributed by atoms with Crippen molar-refractivity contribution in [2.75, 3.05) is 0 Å². The van der Waals surface area contributed by atoms with Crippen LogP contribution >= 0.6 is 0 Å². The molecule has 0 unspecified atom stereocenters. The van der Waals surface area contributed by atoms with Crippen LogP contribution in [0.4, 0.5) is 0 Å². The van der Waals surface area contributed by atoms with E-state index in [0.29, 0.717) is 11.7 Å². The van der Waals surface area contributed by atoms with E-state index in [1.54, 1.807) is 0 Å². The van der Waals surface area contributed by atoms with E-state index in [-0.39, 0.29) is 5.41 Å². The first-order valence-electron chi connectivity index (χ1n) is 31.2. The van der Waals surface area contributed by atoms with Crippen LogP contribution in [0.5, 0.6) is 11.5 Å². The molecule has 1 aliphatic carbocycles. The van der Waals surface area contributed by atoms with Gasteiger partial charge in [0.05, 0.1) is 0 Å². The van der Waals surface area contributed by atoms with E-state index in [0.717, 1.165) is 121 Å². The van der Waals surface area contributed by atoms with Crippen molar-refractivity contribution in [1.29, 1.82) is 0 Å². The molecule has 1 saturated carbocycles. The number of ether oxygens (including phenoxy) is 1. The summed E-state index contributed by atoms with van der Waals surface area (Å²) < 4.78 is 18.2. The third kappa shape index (κ3) is 9.69. The first-order chi connectivity index (χ1) is 43.7. The number of para-hydroxylation sites is 3. The van der Waals surface area contributed by atoms with Gasteiger partial charge in [0.25, 0.3) is 0 Å². The molecule has 0 bridgehead atoms. The minimum atomic E-state index is -0.0614. The first-order valence-corrected chi connectivity index (χ1v) is 32.3. The van der Waals surface area contributed by atoms with Gasteiger partial charge in [-0.3, -0.25) is 0 Å². The molecule has 1 fully saturated rings. The molecule has 16 rings (SSSR count). The molecule has 15 aromatic rings. The number of fused-ring (bicyclic) bond motifs is 7. The van der Waals surface area contributed by atoms with E-state index in [2.05, 4.69) is 325 Å². The molecule has 6 nitrogen and oxygen atoms in total. The summed E-state index contributed by atoms with van der Waals surface area (Å²) in [6, 6.07) is 97.7. The molecule has 0 aliphatic heterocycles. The third-order valence-electron chi connectivity index (χ3n) is 18.4. The molecule has 0 amide bonds. The van der Waals surface area contributed by atoms with Crippen molar-refractivity contribution in [3.63, 3.8) is 0 Å². The summed E-state index contributed by atoms with van der Waals surface area (Å²) in [6.07, 6.45) is 8.36. The van der Waals surface area contributed by atoms with Crippen LogP contribution in [0.3, 0.4) is 0 Å². The van der Waals surface area contributed by atoms with Crippen LogP contribution in [-0.4, -0.2) is 23.1 Å². The average Bonchev–Trinajstić information content (AvgIpc) is 1.63. The Labute approximate surface area is 529 Å². The van der Waals surface area contributed by atoms with Gasteiger partial charge >= 0.3 is 439 Å². The van der Waals surface area contributed by atoms with Gasteiger partial charge in [0.2, 0.25) is 0 Å². The molecular formula is C82H65N5OPt. The summed E-state index contributed by atoms with van der Waals surface area (Å²) in [5.41, 5.74) is 21.3. The van der Waals surface area contributed by atoms with Crippen molar-refractivity contribution in [2.24, 2.45) is 0 Å². The predicted molar refractivity (Wildman–Crippen MR) is 366 cm³/mol. The summed E-state index contributed by atoms with van der Waals surface area (Å²) in [7, 11) is 0. The van der Waals surface area contributed by atoms with Crippen molar-refractivity contribution in [3.8, 4) is 73.2 Å². The van der Waals surface area contributed by atoms with Gasteiger partial charge in [-0.25, -0.2) is 0 Å². The summed E-state index contributed by atoms with van der Waals surface area (Å²) in [6.45, 7) is 6.82. The van der Waals surface area contributed by atoms with Crippen molar-refractivity contribution in [3.05, 3.63) is 288 Å². The van der Waals surface area contributed by atoms with E-state index in [4.69, 9.17) is 9.72 Å². The number of hydrogen-bond donors (Lipinski definition) is 0. The number of aromatic nitrogens is 5. The maximum atomic E-state index is 7.37. The Balaban J connectivity index is 0.995. The Bertz CT molecular complexity index is 5200. The zero-order valence-electron chi connectivity index (χ0n) is 50.1. The van der Waals surface area contributed by atoms with E-state index in [9.17, 15) is 0 Å². The molecule has 89 heavy (non-hydrogen) atoms. The van der Waals surface area contributed by atoms with Crippen molar-refractivity contribution in [2.45, 2.75) is 64.2 Å². The molecular weight excluding hydrogens is 1270 g/mol. The van der Waals surface area contributed by atoms with Crippen molar-refractivity contribution in [1.82, 2.24) is 23.1 Å². The first kappa shape index (κ1) is 54.5. The molecule has 434 valence electrons. The second-order valence-corrected chi connectivity index (χ2v) is 25.9. The molecule has 0 N–H and O–H groups in total. The summed E-state index contributed by atoms with van der Waals surface area (Å²) in [4.78, 5) is 5.11. The number of hydrogen-bond acceptors (Lipinski definition) is 2. The van der Waals surface area contributed by atoms with Gasteiger partial charge in [-0.2, -0.15) is 0 Å². The summed E-state index contributed by atoms with van der Waals surface area (Å²) in [5, 5.41) is 4.67. The number of pyridine rings is 1. The minimum absolute atomic E-state index is 0.0614. The topological polar surface area (TPSA) is 41.3 Å². The fraction of sp³-hybridized carbons (Fsp3) is 0.122. The quantitative estimate of drug-likeness (QED) is 0.137. The van der Waals surface area contributed by atoms with Crippen LogP contribution in [0.2, 0.25) is 0 Å². The Hall–Kier alpha value is -9.87. The molecule has 4 aromatic heterocycles. The Morgan fingerprint density at radius 2 is 0.955 bits per heavy atom. The fourth-order valence-corrected chi connectivity index (χ4v) is 15.1. The normalized spacial score (nSPS) is 13.1. The van der Waals surface area contributed by atoms with E-state index in [1.165, 1.54) is 54.0 Å². The van der Waals surface area contributed by atoms with Gasteiger partial charge in [-0.05, 0) is 41.4 Å². The van der Waals surface area contributed by atoms with Crippen LogP contribution in [0.25, 0.3) is 122 Å². The van der Waals surface area contributed by atoms with Crippen LogP contribution < -0.4 is 4.74 Å². The van der Waals surface area contributed by atoms with Gasteiger partial charge in [0.15, 0.2) is 0 Å². The molecule has 0 saturated heterocycles. The van der Waals surface area contributed by atoms with Crippen molar-refractivity contribution >= 4 is 60.2 Å². The molecule has 0 spiro atoms. The third-order valence-corrected chi connectivity index (χ3v) is 19.4. The zero-order chi connectivity index (χ0) is 59.7. The number of imidazole rings is 1. The number of rotatable bonds is 10. The van der Waals surface area contributed by atoms with E-state index >= 15 is 0 Å². The second kappa shape index (κ2) is 22.4. The second-order valence-electron chi connectivity index (χ2n) is 24.9. The molecule has 7 heteroatoms. The molecule has 0 radical (unpaired) electrons. The van der Waals surface area contributed by atoms with Crippen LogP contribution in [0, 0.1) is 3.80 Å². The van der Waals surface area contributed by atoms with E-state index < -0.39 is 0 Å². The van der Waals surface area contributed by atoms with Crippen LogP contribution in [0.1, 0.15) is 69.9 Å². The molecule has 0 atom stereocenters. The fourth-order valence-electron chi connectivity index (χ4n) is 14.1. The molecule has 11 aromatic carbocycles. The standard InChI is InChI=1S/C82H65N5O.Pt/c1-82(2,3)63-45-46-83-79(51-63)87-74-43-39-60(55-23-9-4-10-24-55)50-72(74)70-42-40-65(52-77(70)87)88-66-41-44-75-78(53-66)85-54-84(80-67(58-29-15-7-16-30-58)34-21-35-68(80)59-31-17-8-18-32-59)76-38-22-36-71(81(76)85)69-33-19-20-37-73(69)86(75)64-48-61(56-25-11-5-12-26-56)47-62(49-64)57-27-13-6-14-28-57;/h5-8,11-22,25-53,55H,4,9-10,23-24H2,1-3H3;. The van der Waals surface area contributed by atoms with Crippen molar-refractivity contribution < 1.29 is 24.1 Å². The number of benzene rings is 11. The van der Waals surface area contributed by atoms with Gasteiger partial charge in [0.1, 0.15) is 0 Å². The predicted octanol–water partition coefficient (Wildman–Crippen LogP) is 21.9. The van der Waals surface area contributed by atoms with Crippen LogP contribution in [-0.2, 0) is 24.8 Å². The van der Waals surface area contributed by atoms with Crippen LogP contribution in [0.15, 0.2) is 273 Å². The van der Waals surface area contributed by atoms with Gasteiger partial charge in [-0.15, -0.1) is 0 Å². The average molecular weight is 1330 g/mol. The Morgan fingerprint density at radius 1 is 0.404 bits per heavy atom. The molecule has 4 heterocycles. The molecule has 1 aliphatic rings.